The van der Waals surface area contributed by atoms with Gasteiger partial charge in [-0.1, -0.05) is 23.4 Å². The summed E-state index contributed by atoms with van der Waals surface area (Å²) in [5.74, 6) is 5.35. The Morgan fingerprint density at radius 2 is 1.92 bits per heavy atom. The Bertz CT molecular complexity index is 1140. The summed E-state index contributed by atoms with van der Waals surface area (Å²) in [6.45, 7) is 0.576. The zero-order chi connectivity index (χ0) is 27.2. The maximum atomic E-state index is 12.4. The van der Waals surface area contributed by atoms with E-state index in [0.717, 1.165) is 0 Å². The summed E-state index contributed by atoms with van der Waals surface area (Å²) < 4.78 is 46.8. The number of halogens is 4. The lowest BCUT2D eigenvalue weighted by molar-refractivity contribution is -0.154. The molecule has 0 spiro atoms. The molecule has 0 aliphatic heterocycles. The second kappa shape index (κ2) is 12.6. The van der Waals surface area contributed by atoms with E-state index in [-0.39, 0.29) is 41.4 Å². The fourth-order valence-electron chi connectivity index (χ4n) is 3.65. The van der Waals surface area contributed by atoms with Crippen molar-refractivity contribution in [3.63, 3.8) is 0 Å². The molecule has 10 nitrogen and oxygen atoms in total. The number of ether oxygens (including phenoxy) is 2. The number of nitrogens with zero attached hydrogens (tertiary/aromatic N) is 3. The zero-order valence-corrected chi connectivity index (χ0v) is 20.8. The fourth-order valence-corrected chi connectivity index (χ4v) is 3.87. The van der Waals surface area contributed by atoms with Gasteiger partial charge in [0, 0.05) is 37.8 Å². The highest BCUT2D eigenvalue weighted by Crippen LogP contribution is 2.31. The Labute approximate surface area is 216 Å². The van der Waals surface area contributed by atoms with Crippen LogP contribution in [0.25, 0.3) is 0 Å². The second-order valence-corrected chi connectivity index (χ2v) is 8.69. The second-order valence-electron chi connectivity index (χ2n) is 8.33. The third-order valence-corrected chi connectivity index (χ3v) is 5.85. The first kappa shape index (κ1) is 28.7. The van der Waals surface area contributed by atoms with Gasteiger partial charge in [-0.25, -0.2) is 4.98 Å². The summed E-state index contributed by atoms with van der Waals surface area (Å²) in [6.07, 6.45) is -6.52. The number of aliphatic hydroxyl groups excluding tert-OH is 3. The molecule has 2 aromatic heterocycles. The van der Waals surface area contributed by atoms with Crippen molar-refractivity contribution in [2.24, 2.45) is 5.92 Å². The molecule has 4 atom stereocenters. The topological polar surface area (TPSA) is 142 Å². The van der Waals surface area contributed by atoms with Gasteiger partial charge in [0.15, 0.2) is 11.8 Å². The third kappa shape index (κ3) is 7.80. The molecule has 0 aromatic carbocycles. The Morgan fingerprint density at radius 1 is 1.16 bits per heavy atom. The molecule has 0 radical (unpaired) electrons. The van der Waals surface area contributed by atoms with Gasteiger partial charge in [0.05, 0.1) is 24.4 Å². The van der Waals surface area contributed by atoms with Crippen LogP contribution in [0.5, 0.6) is 5.88 Å². The molecule has 5 N–H and O–H groups in total. The molecule has 0 amide bonds. The first-order valence-electron chi connectivity index (χ1n) is 11.3. The van der Waals surface area contributed by atoms with Crippen molar-refractivity contribution in [2.75, 3.05) is 44.1 Å². The number of aromatic nitrogens is 3. The molecule has 14 heteroatoms. The Balaban J connectivity index is 1.90. The molecular weight excluding hydrogens is 519 g/mol. The summed E-state index contributed by atoms with van der Waals surface area (Å²) in [6, 6.07) is 2.08. The average molecular weight is 546 g/mol. The minimum Gasteiger partial charge on any atom is -0.468 e. The minimum absolute atomic E-state index is 0.00703. The number of aliphatic hydroxyl groups is 3. The van der Waals surface area contributed by atoms with E-state index in [9.17, 15) is 28.5 Å². The number of methoxy groups -OCH3 is 1. The van der Waals surface area contributed by atoms with Crippen molar-refractivity contribution < 1.29 is 38.0 Å². The number of anilines is 2. The summed E-state index contributed by atoms with van der Waals surface area (Å²) in [5, 5.41) is 36.1. The number of hydrogen-bond acceptors (Lipinski definition) is 10. The molecule has 0 saturated heterocycles. The average Bonchev–Trinajstić information content (AvgIpc) is 3.10. The van der Waals surface area contributed by atoms with Gasteiger partial charge in [0.25, 0.3) is 0 Å². The van der Waals surface area contributed by atoms with Gasteiger partial charge in [-0.15, -0.1) is 0 Å². The lowest BCUT2D eigenvalue weighted by atomic mass is 10.1. The van der Waals surface area contributed by atoms with Crippen LogP contribution < -0.4 is 15.4 Å². The van der Waals surface area contributed by atoms with E-state index in [0.29, 0.717) is 24.4 Å². The highest BCUT2D eigenvalue weighted by Gasteiger charge is 2.41. The number of alkyl halides is 3. The Morgan fingerprint density at radius 3 is 2.54 bits per heavy atom. The lowest BCUT2D eigenvalue weighted by Crippen LogP contribution is -2.35. The molecule has 202 valence electrons. The van der Waals surface area contributed by atoms with Gasteiger partial charge in [0.1, 0.15) is 17.5 Å². The van der Waals surface area contributed by atoms with E-state index in [1.807, 2.05) is 0 Å². The minimum atomic E-state index is -4.49. The SMILES string of the molecule is COCCNc1nc(Cl)c(C#Cc2ccc(OCC(F)(F)F)nc2C)c(N[C@@H]2C[C@H](CO)[C@@H](O)[C@H]2O)n1. The van der Waals surface area contributed by atoms with E-state index in [4.69, 9.17) is 16.3 Å². The van der Waals surface area contributed by atoms with Gasteiger partial charge in [-0.05, 0) is 19.4 Å². The normalized spacial score (nSPS) is 21.3. The van der Waals surface area contributed by atoms with E-state index >= 15 is 0 Å². The van der Waals surface area contributed by atoms with Crippen LogP contribution in [0.15, 0.2) is 12.1 Å². The molecule has 37 heavy (non-hydrogen) atoms. The van der Waals surface area contributed by atoms with E-state index < -0.39 is 37.0 Å². The van der Waals surface area contributed by atoms with Crippen LogP contribution in [-0.4, -0.2) is 88.2 Å². The molecule has 1 saturated carbocycles. The predicted molar refractivity (Wildman–Crippen MR) is 129 cm³/mol. The van der Waals surface area contributed by atoms with Crippen LogP contribution in [0, 0.1) is 24.7 Å². The summed E-state index contributed by atoms with van der Waals surface area (Å²) in [7, 11) is 1.54. The Hall–Kier alpha value is -2.89. The predicted octanol–water partition coefficient (Wildman–Crippen LogP) is 1.75. The smallest absolute Gasteiger partial charge is 0.422 e. The van der Waals surface area contributed by atoms with Crippen molar-refractivity contribution in [2.45, 2.75) is 37.8 Å². The van der Waals surface area contributed by atoms with Crippen molar-refractivity contribution in [3.05, 3.63) is 34.1 Å². The molecule has 0 unspecified atom stereocenters. The molecule has 2 aromatic rings. The van der Waals surface area contributed by atoms with Crippen molar-refractivity contribution >= 4 is 23.4 Å². The van der Waals surface area contributed by atoms with Gasteiger partial charge < -0.3 is 35.4 Å². The number of aryl methyl sites for hydroxylation is 1. The highest BCUT2D eigenvalue weighted by molar-refractivity contribution is 6.31. The van der Waals surface area contributed by atoms with Crippen molar-refractivity contribution in [1.82, 2.24) is 15.0 Å². The fraction of sp³-hybridized carbons (Fsp3) is 0.522. The largest absolute Gasteiger partial charge is 0.468 e. The zero-order valence-electron chi connectivity index (χ0n) is 20.0. The summed E-state index contributed by atoms with van der Waals surface area (Å²) in [5.41, 5.74) is 0.918. The number of pyridine rings is 1. The van der Waals surface area contributed by atoms with Crippen LogP contribution in [0.3, 0.4) is 0 Å². The maximum absolute atomic E-state index is 12.4. The molecule has 1 aliphatic rings. The Kier molecular flexibility index (Phi) is 9.74. The van der Waals surface area contributed by atoms with Gasteiger partial charge in [-0.3, -0.25) is 0 Å². The quantitative estimate of drug-likeness (QED) is 0.180. The van der Waals surface area contributed by atoms with Gasteiger partial charge >= 0.3 is 6.18 Å². The highest BCUT2D eigenvalue weighted by atomic mass is 35.5. The molecule has 3 rings (SSSR count). The number of nitrogens with one attached hydrogen (secondary N) is 2. The van der Waals surface area contributed by atoms with Crippen molar-refractivity contribution in [3.8, 4) is 17.7 Å². The first-order chi connectivity index (χ1) is 17.5. The lowest BCUT2D eigenvalue weighted by Gasteiger charge is -2.20. The van der Waals surface area contributed by atoms with Crippen LogP contribution in [0.1, 0.15) is 23.2 Å². The number of rotatable bonds is 9. The van der Waals surface area contributed by atoms with Crippen LogP contribution in [-0.2, 0) is 4.74 Å². The number of hydrogen-bond donors (Lipinski definition) is 5. The van der Waals surface area contributed by atoms with Crippen LogP contribution >= 0.6 is 11.6 Å². The summed E-state index contributed by atoms with van der Waals surface area (Å²) >= 11 is 6.41. The van der Waals surface area contributed by atoms with Crippen molar-refractivity contribution in [1.29, 1.82) is 0 Å². The monoisotopic (exact) mass is 545 g/mol. The molecule has 0 bridgehead atoms. The first-order valence-corrected chi connectivity index (χ1v) is 11.6. The van der Waals surface area contributed by atoms with Crippen LogP contribution in [0.4, 0.5) is 24.9 Å². The molecular formula is C23H27ClF3N5O5. The van der Waals surface area contributed by atoms with E-state index in [2.05, 4.69) is 42.2 Å². The molecule has 1 aliphatic carbocycles. The van der Waals surface area contributed by atoms with E-state index in [1.54, 1.807) is 6.92 Å². The van der Waals surface area contributed by atoms with Gasteiger partial charge in [-0.2, -0.15) is 23.1 Å². The maximum Gasteiger partial charge on any atom is 0.422 e. The van der Waals surface area contributed by atoms with E-state index in [1.165, 1.54) is 19.2 Å². The molecule has 1 fully saturated rings. The van der Waals surface area contributed by atoms with Gasteiger partial charge in [0.2, 0.25) is 11.8 Å². The third-order valence-electron chi connectivity index (χ3n) is 5.58. The molecule has 2 heterocycles. The van der Waals surface area contributed by atoms with Crippen LogP contribution in [0.2, 0.25) is 5.15 Å². The summed E-state index contributed by atoms with van der Waals surface area (Å²) in [4.78, 5) is 12.6. The standard InChI is InChI=1S/C23H27ClF3N5O5/c1-12-13(4-6-17(29-12)37-11-23(25,26)27)3-5-15-20(24)31-22(28-7-8-36-2)32-21(15)30-16-9-14(10-33)18(34)19(16)35/h4,6,14,16,18-19,33-35H,7-11H2,1-2H3,(H2,28,30,31,32)/t14-,16-,18-,19+/m1/s1.